The average molecular weight is 709 g/mol. The predicted octanol–water partition coefficient (Wildman–Crippen LogP) is 4.60. The van der Waals surface area contributed by atoms with Gasteiger partial charge in [0.25, 0.3) is 0 Å². The number of fused-ring (bicyclic) bond motifs is 4. The lowest BCUT2D eigenvalue weighted by atomic mass is 9.86. The number of benzene rings is 2. The summed E-state index contributed by atoms with van der Waals surface area (Å²) in [6.45, 7) is -0.817. The van der Waals surface area contributed by atoms with Crippen molar-refractivity contribution in [2.75, 3.05) is 18.0 Å². The van der Waals surface area contributed by atoms with E-state index in [1.807, 2.05) is 4.90 Å². The van der Waals surface area contributed by atoms with E-state index >= 15 is 0 Å². The van der Waals surface area contributed by atoms with Crippen molar-refractivity contribution in [2.24, 2.45) is 7.05 Å². The van der Waals surface area contributed by atoms with Crippen LogP contribution in [0.2, 0.25) is 0 Å². The van der Waals surface area contributed by atoms with Crippen LogP contribution in [0.25, 0.3) is 11.0 Å². The van der Waals surface area contributed by atoms with Crippen molar-refractivity contribution in [1.29, 1.82) is 0 Å². The Bertz CT molecular complexity index is 2040. The number of carbonyl (C=O) groups is 2. The summed E-state index contributed by atoms with van der Waals surface area (Å²) >= 11 is 0. The molecule has 0 aliphatic carbocycles. The predicted molar refractivity (Wildman–Crippen MR) is 162 cm³/mol. The number of carbonyl (C=O) groups excluding carboxylic acids is 2. The fourth-order valence-corrected chi connectivity index (χ4v) is 7.96. The minimum atomic E-state index is -5.44. The van der Waals surface area contributed by atoms with E-state index in [4.69, 9.17) is 4.74 Å². The van der Waals surface area contributed by atoms with E-state index in [0.29, 0.717) is 29.1 Å². The van der Waals surface area contributed by atoms with Crippen molar-refractivity contribution in [3.05, 3.63) is 70.9 Å². The molecule has 260 valence electrons. The molecular weight excluding hydrogens is 679 g/mol. The molecule has 0 saturated carbocycles. The molecule has 0 radical (unpaired) electrons. The van der Waals surface area contributed by atoms with Gasteiger partial charge in [-0.2, -0.15) is 26.3 Å². The molecule has 0 bridgehead atoms. The Morgan fingerprint density at radius 1 is 1.10 bits per heavy atom. The number of sulfonamides is 1. The second-order valence-corrected chi connectivity index (χ2v) is 13.7. The third-order valence-corrected chi connectivity index (χ3v) is 10.5. The van der Waals surface area contributed by atoms with Crippen LogP contribution in [-0.4, -0.2) is 76.6 Å². The molecule has 4 aromatic rings. The number of aromatic nitrogens is 4. The number of anilines is 1. The highest BCUT2D eigenvalue weighted by Crippen LogP contribution is 2.39. The number of nitrogens with zero attached hydrogens (tertiary/aromatic N) is 6. The molecule has 6 rings (SSSR count). The molecule has 18 heteroatoms. The number of aryl methyl sites for hydroxylation is 2. The Morgan fingerprint density at radius 3 is 2.61 bits per heavy atom. The molecule has 0 spiro atoms. The van der Waals surface area contributed by atoms with Gasteiger partial charge in [0, 0.05) is 44.8 Å². The van der Waals surface area contributed by atoms with E-state index in [0.717, 1.165) is 12.8 Å². The molecule has 4 heterocycles. The third-order valence-electron chi connectivity index (χ3n) is 8.67. The number of alkyl halides is 5. The van der Waals surface area contributed by atoms with Crippen LogP contribution in [0.15, 0.2) is 53.6 Å². The molecule has 2 aliphatic heterocycles. The van der Waals surface area contributed by atoms with Gasteiger partial charge in [-0.05, 0) is 66.3 Å². The smallest absolute Gasteiger partial charge is 0.432 e. The maximum absolute atomic E-state index is 14.0. The topological polar surface area (TPSA) is 137 Å². The lowest BCUT2D eigenvalue weighted by Gasteiger charge is -2.26. The van der Waals surface area contributed by atoms with Crippen LogP contribution < -0.4 is 9.64 Å². The molecule has 49 heavy (non-hydrogen) atoms. The molecule has 1 fully saturated rings. The van der Waals surface area contributed by atoms with Gasteiger partial charge in [-0.3, -0.25) is 4.79 Å². The van der Waals surface area contributed by atoms with Gasteiger partial charge in [0.1, 0.15) is 21.7 Å². The van der Waals surface area contributed by atoms with Crippen LogP contribution in [0.3, 0.4) is 0 Å². The van der Waals surface area contributed by atoms with E-state index in [2.05, 4.69) is 20.0 Å². The zero-order valence-corrected chi connectivity index (χ0v) is 26.8. The van der Waals surface area contributed by atoms with E-state index in [1.54, 1.807) is 31.2 Å². The minimum Gasteiger partial charge on any atom is -0.432 e. The fourth-order valence-electron chi connectivity index (χ4n) is 6.35. The number of rotatable bonds is 8. The molecular formula is C31H29F5N6O6S. The lowest BCUT2D eigenvalue weighted by molar-refractivity contribution is -0.201. The Labute approximate surface area is 276 Å². The molecule has 1 saturated heterocycles. The molecule has 1 unspecified atom stereocenters. The zero-order chi connectivity index (χ0) is 35.2. The first-order valence-electron chi connectivity index (χ1n) is 15.0. The summed E-state index contributed by atoms with van der Waals surface area (Å²) in [7, 11) is -2.60. The van der Waals surface area contributed by atoms with E-state index < -0.39 is 47.1 Å². The quantitative estimate of drug-likeness (QED) is 0.145. The Hall–Kier alpha value is -4.71. The first kappa shape index (κ1) is 34.2. The first-order chi connectivity index (χ1) is 23.1. The molecule has 12 nitrogen and oxygen atoms in total. The van der Waals surface area contributed by atoms with Gasteiger partial charge in [-0.15, -0.1) is 5.10 Å². The van der Waals surface area contributed by atoms with Gasteiger partial charge in [0.2, 0.25) is 10.0 Å². The van der Waals surface area contributed by atoms with E-state index in [-0.39, 0.29) is 46.4 Å². The van der Waals surface area contributed by atoms with Gasteiger partial charge in [0.05, 0.1) is 6.42 Å². The average Bonchev–Trinajstić information content (AvgIpc) is 3.64. The summed E-state index contributed by atoms with van der Waals surface area (Å²) in [5, 5.41) is 7.77. The molecule has 0 amide bonds. The third kappa shape index (κ3) is 6.79. The summed E-state index contributed by atoms with van der Waals surface area (Å²) in [5.74, 6) is -5.42. The molecule has 2 aliphatic rings. The van der Waals surface area contributed by atoms with Crippen molar-refractivity contribution in [3.63, 3.8) is 0 Å². The van der Waals surface area contributed by atoms with Gasteiger partial charge in [-0.1, -0.05) is 23.4 Å². The van der Waals surface area contributed by atoms with E-state index in [1.165, 1.54) is 40.4 Å². The van der Waals surface area contributed by atoms with Crippen LogP contribution in [0, 0.1) is 6.92 Å². The summed E-state index contributed by atoms with van der Waals surface area (Å²) in [6, 6.07) is 10.3. The number of halogens is 5. The SMILES string of the molecule is Cc1ccc(C(CC(=O)OC(=O)C(F)(F)F)c2cc(OC(F)F)c3c(c2)nnn3C)cc1CN1C[C@H]2CCCN2c2ncccc2S1(=O)=O. The van der Waals surface area contributed by atoms with Crippen molar-refractivity contribution in [3.8, 4) is 5.75 Å². The number of hydrogen-bond acceptors (Lipinski definition) is 10. The normalized spacial score (nSPS) is 18.2. The summed E-state index contributed by atoms with van der Waals surface area (Å²) in [6.07, 6.45) is -3.14. The second-order valence-electron chi connectivity index (χ2n) is 11.8. The van der Waals surface area contributed by atoms with Gasteiger partial charge in [-0.25, -0.2) is 22.9 Å². The largest absolute Gasteiger partial charge is 0.491 e. The summed E-state index contributed by atoms with van der Waals surface area (Å²) in [5.41, 5.74) is 1.74. The number of pyridine rings is 1. The highest BCUT2D eigenvalue weighted by molar-refractivity contribution is 7.89. The highest BCUT2D eigenvalue weighted by atomic mass is 32.2. The fraction of sp³-hybridized carbons (Fsp3) is 0.387. The van der Waals surface area contributed by atoms with Crippen molar-refractivity contribution < 1.29 is 49.4 Å². The highest BCUT2D eigenvalue weighted by Gasteiger charge is 2.43. The maximum Gasteiger partial charge on any atom is 0.491 e. The number of esters is 2. The van der Waals surface area contributed by atoms with E-state index in [9.17, 15) is 40.0 Å². The Balaban J connectivity index is 1.41. The summed E-state index contributed by atoms with van der Waals surface area (Å²) < 4.78 is 105. The minimum absolute atomic E-state index is 0.0620. The number of ether oxygens (including phenoxy) is 2. The Kier molecular flexibility index (Phi) is 9.04. The summed E-state index contributed by atoms with van der Waals surface area (Å²) in [4.78, 5) is 30.7. The lowest BCUT2D eigenvalue weighted by Crippen LogP contribution is -2.39. The zero-order valence-electron chi connectivity index (χ0n) is 26.0. The van der Waals surface area contributed by atoms with Crippen LogP contribution in [0.4, 0.5) is 27.8 Å². The molecule has 2 aromatic carbocycles. The standard InChI is InChI=1S/C31H29F5N6O6S/c1-17-7-8-18(11-20(17)15-41-16-21-5-4-10-42(21)28-25(49(41,45)46)6-3-9-37-28)22(14-26(43)48-29(44)31(34,35)36)19-12-23-27(40(2)39-38-23)24(13-19)47-30(32)33/h3,6-9,11-13,21-22,30H,4-5,10,14-16H2,1-2H3/t21-,22?/m1/s1. The first-order valence-corrected chi connectivity index (χ1v) is 16.5. The van der Waals surface area contributed by atoms with Crippen LogP contribution in [0.1, 0.15) is 47.4 Å². The van der Waals surface area contributed by atoms with Crippen LogP contribution in [-0.2, 0) is 37.9 Å². The van der Waals surface area contributed by atoms with Crippen molar-refractivity contribution in [2.45, 2.75) is 62.4 Å². The molecule has 2 aromatic heterocycles. The van der Waals surface area contributed by atoms with Crippen molar-refractivity contribution in [1.82, 2.24) is 24.3 Å². The van der Waals surface area contributed by atoms with Crippen molar-refractivity contribution >= 4 is 38.8 Å². The van der Waals surface area contributed by atoms with Crippen LogP contribution in [0.5, 0.6) is 5.75 Å². The van der Waals surface area contributed by atoms with Crippen LogP contribution >= 0.6 is 0 Å². The Morgan fingerprint density at radius 2 is 1.88 bits per heavy atom. The number of hydrogen-bond donors (Lipinski definition) is 0. The monoisotopic (exact) mass is 708 g/mol. The second kappa shape index (κ2) is 13.0. The van der Waals surface area contributed by atoms with Gasteiger partial charge >= 0.3 is 24.7 Å². The van der Waals surface area contributed by atoms with Gasteiger partial charge < -0.3 is 14.4 Å². The van der Waals surface area contributed by atoms with Gasteiger partial charge in [0.15, 0.2) is 5.75 Å². The maximum atomic E-state index is 14.0. The molecule has 2 atom stereocenters. The molecule has 0 N–H and O–H groups in total.